The van der Waals surface area contributed by atoms with Gasteiger partial charge in [-0.05, 0) is 5.04 Å². The van der Waals surface area contributed by atoms with E-state index in [1.807, 2.05) is 0 Å². The lowest BCUT2D eigenvalue weighted by Crippen LogP contribution is -2.57. The Hall–Kier alpha value is -0.393. The number of carbonyl (C=O) groups excluding carboxylic acids is 1. The fourth-order valence-corrected chi connectivity index (χ4v) is 3.93. The second-order valence-electron chi connectivity index (χ2n) is 6.54. The maximum atomic E-state index is 11.3. The van der Waals surface area contributed by atoms with Crippen LogP contribution >= 0.6 is 0 Å². The Morgan fingerprint density at radius 1 is 1.41 bits per heavy atom. The summed E-state index contributed by atoms with van der Waals surface area (Å²) in [5.74, 6) is -0.411. The zero-order valence-corrected chi connectivity index (χ0v) is 12.4. The maximum Gasteiger partial charge on any atom is 0.308 e. The molecule has 0 saturated carbocycles. The van der Waals surface area contributed by atoms with E-state index in [0.29, 0.717) is 6.42 Å². The van der Waals surface area contributed by atoms with Crippen molar-refractivity contribution in [3.63, 3.8) is 0 Å². The molecular weight excluding hydrogens is 236 g/mol. The number of aliphatic hydroxyl groups is 2. The summed E-state index contributed by atoms with van der Waals surface area (Å²) in [6, 6.07) is 0. The van der Waals surface area contributed by atoms with Crippen LogP contribution in [0.1, 0.15) is 33.6 Å². The highest BCUT2D eigenvalue weighted by Crippen LogP contribution is 2.40. The molecule has 0 aromatic carbocycles. The SMILES string of the molecule is CC(C)(C)[Si](C)(C)C(O)C1CC(O)CC(=O)O1. The molecule has 1 aliphatic heterocycles. The first-order valence-corrected chi connectivity index (χ1v) is 9.19. The molecule has 1 fully saturated rings. The molecule has 0 aromatic heterocycles. The van der Waals surface area contributed by atoms with Crippen LogP contribution in [-0.4, -0.2) is 42.2 Å². The van der Waals surface area contributed by atoms with Gasteiger partial charge < -0.3 is 14.9 Å². The highest BCUT2D eigenvalue weighted by Gasteiger charge is 2.47. The summed E-state index contributed by atoms with van der Waals surface area (Å²) in [6.45, 7) is 10.5. The van der Waals surface area contributed by atoms with Crippen molar-refractivity contribution in [3.05, 3.63) is 0 Å². The predicted molar refractivity (Wildman–Crippen MR) is 68.3 cm³/mol. The minimum atomic E-state index is -1.99. The Morgan fingerprint density at radius 2 is 1.94 bits per heavy atom. The molecule has 0 aromatic rings. The van der Waals surface area contributed by atoms with Gasteiger partial charge in [-0.1, -0.05) is 33.9 Å². The number of hydrogen-bond acceptors (Lipinski definition) is 4. The molecule has 0 bridgehead atoms. The second-order valence-corrected chi connectivity index (χ2v) is 12.1. The second kappa shape index (κ2) is 4.70. The molecule has 2 N–H and O–H groups in total. The van der Waals surface area contributed by atoms with Crippen LogP contribution in [-0.2, 0) is 9.53 Å². The summed E-state index contributed by atoms with van der Waals surface area (Å²) in [6.07, 6.45) is -0.840. The van der Waals surface area contributed by atoms with Crippen molar-refractivity contribution in [1.29, 1.82) is 0 Å². The molecule has 4 nitrogen and oxygen atoms in total. The smallest absolute Gasteiger partial charge is 0.308 e. The first-order valence-electron chi connectivity index (χ1n) is 6.11. The highest BCUT2D eigenvalue weighted by molar-refractivity contribution is 6.81. The number of aliphatic hydroxyl groups excluding tert-OH is 2. The topological polar surface area (TPSA) is 66.8 Å². The van der Waals surface area contributed by atoms with E-state index in [4.69, 9.17) is 4.74 Å². The molecule has 17 heavy (non-hydrogen) atoms. The van der Waals surface area contributed by atoms with Crippen LogP contribution in [0.4, 0.5) is 0 Å². The fourth-order valence-electron chi connectivity index (χ4n) is 1.91. The summed E-state index contributed by atoms with van der Waals surface area (Å²) < 4.78 is 5.19. The molecule has 100 valence electrons. The van der Waals surface area contributed by atoms with Gasteiger partial charge in [-0.3, -0.25) is 4.79 Å². The van der Waals surface area contributed by atoms with Crippen LogP contribution in [0.15, 0.2) is 0 Å². The summed E-state index contributed by atoms with van der Waals surface area (Å²) >= 11 is 0. The molecule has 1 rings (SSSR count). The average molecular weight is 260 g/mol. The normalized spacial score (nSPS) is 28.8. The van der Waals surface area contributed by atoms with Crippen molar-refractivity contribution < 1.29 is 19.7 Å². The zero-order chi connectivity index (χ0) is 13.4. The van der Waals surface area contributed by atoms with Gasteiger partial charge in [-0.2, -0.15) is 0 Å². The van der Waals surface area contributed by atoms with Gasteiger partial charge in [0.25, 0.3) is 0 Å². The standard InChI is InChI=1S/C12H24O4Si/c1-12(2,3)17(4,5)11(15)9-6-8(13)7-10(14)16-9/h8-9,11,13,15H,6-7H2,1-5H3. The zero-order valence-electron chi connectivity index (χ0n) is 11.4. The van der Waals surface area contributed by atoms with Gasteiger partial charge in [-0.15, -0.1) is 0 Å². The van der Waals surface area contributed by atoms with E-state index in [1.165, 1.54) is 0 Å². The number of esters is 1. The van der Waals surface area contributed by atoms with Gasteiger partial charge in [0.1, 0.15) is 6.10 Å². The fraction of sp³-hybridized carbons (Fsp3) is 0.917. The van der Waals surface area contributed by atoms with Gasteiger partial charge in [0, 0.05) is 6.42 Å². The third-order valence-corrected chi connectivity index (χ3v) is 9.93. The lowest BCUT2D eigenvalue weighted by molar-refractivity contribution is -0.165. The molecule has 5 heteroatoms. The Labute approximate surface area is 104 Å². The van der Waals surface area contributed by atoms with Crippen LogP contribution in [0, 0.1) is 0 Å². The third-order valence-electron chi connectivity index (χ3n) is 4.21. The van der Waals surface area contributed by atoms with Crippen LogP contribution in [0.5, 0.6) is 0 Å². The maximum absolute atomic E-state index is 11.3. The minimum absolute atomic E-state index is 0.0151. The molecule has 0 spiro atoms. The molecule has 1 saturated heterocycles. The first-order chi connectivity index (χ1) is 7.55. The van der Waals surface area contributed by atoms with Crippen LogP contribution < -0.4 is 0 Å². The van der Waals surface area contributed by atoms with Crippen LogP contribution in [0.3, 0.4) is 0 Å². The van der Waals surface area contributed by atoms with Crippen molar-refractivity contribution in [2.45, 2.75) is 69.7 Å². The Morgan fingerprint density at radius 3 is 2.35 bits per heavy atom. The van der Waals surface area contributed by atoms with Gasteiger partial charge >= 0.3 is 5.97 Å². The summed E-state index contributed by atoms with van der Waals surface area (Å²) in [4.78, 5) is 11.3. The molecule has 1 aliphatic rings. The number of hydrogen-bond donors (Lipinski definition) is 2. The number of ether oxygens (including phenoxy) is 1. The van der Waals surface area contributed by atoms with Crippen molar-refractivity contribution in [2.75, 3.05) is 0 Å². The molecule has 0 aliphatic carbocycles. The Kier molecular flexibility index (Phi) is 4.06. The van der Waals surface area contributed by atoms with E-state index in [1.54, 1.807) is 0 Å². The van der Waals surface area contributed by atoms with Gasteiger partial charge in [-0.25, -0.2) is 0 Å². The van der Waals surface area contributed by atoms with Crippen molar-refractivity contribution in [1.82, 2.24) is 0 Å². The summed E-state index contributed by atoms with van der Waals surface area (Å²) in [5, 5.41) is 20.0. The summed E-state index contributed by atoms with van der Waals surface area (Å²) in [7, 11) is -1.99. The molecule has 3 atom stereocenters. The van der Waals surface area contributed by atoms with Crippen LogP contribution in [0.25, 0.3) is 0 Å². The molecule has 0 amide bonds. The predicted octanol–water partition coefficient (Wildman–Crippen LogP) is 1.46. The lowest BCUT2D eigenvalue weighted by Gasteiger charge is -2.44. The summed E-state index contributed by atoms with van der Waals surface area (Å²) in [5.41, 5.74) is -0.638. The quantitative estimate of drug-likeness (QED) is 0.583. The highest BCUT2D eigenvalue weighted by atomic mass is 28.3. The van der Waals surface area contributed by atoms with E-state index in [9.17, 15) is 15.0 Å². The van der Waals surface area contributed by atoms with Crippen molar-refractivity contribution in [2.24, 2.45) is 0 Å². The molecule has 3 unspecified atom stereocenters. The van der Waals surface area contributed by atoms with Gasteiger partial charge in [0.05, 0.1) is 26.3 Å². The Balaban J connectivity index is 2.82. The number of carbonyl (C=O) groups is 1. The average Bonchev–Trinajstić information content (AvgIpc) is 2.13. The van der Waals surface area contributed by atoms with Gasteiger partial charge in [0.15, 0.2) is 0 Å². The lowest BCUT2D eigenvalue weighted by atomic mass is 10.1. The number of rotatable bonds is 2. The van der Waals surface area contributed by atoms with Crippen LogP contribution in [0.2, 0.25) is 18.1 Å². The largest absolute Gasteiger partial charge is 0.460 e. The third kappa shape index (κ3) is 3.08. The molecule has 0 radical (unpaired) electrons. The van der Waals surface area contributed by atoms with E-state index in [0.717, 1.165) is 0 Å². The van der Waals surface area contributed by atoms with Crippen molar-refractivity contribution in [3.8, 4) is 0 Å². The monoisotopic (exact) mass is 260 g/mol. The van der Waals surface area contributed by atoms with E-state index < -0.39 is 32.0 Å². The van der Waals surface area contributed by atoms with E-state index in [2.05, 4.69) is 33.9 Å². The number of cyclic esters (lactones) is 1. The molecule has 1 heterocycles. The van der Waals surface area contributed by atoms with Crippen molar-refractivity contribution >= 4 is 14.0 Å². The first kappa shape index (κ1) is 14.7. The Bertz CT molecular complexity index is 295. The minimum Gasteiger partial charge on any atom is -0.460 e. The van der Waals surface area contributed by atoms with E-state index >= 15 is 0 Å². The van der Waals surface area contributed by atoms with Gasteiger partial charge in [0.2, 0.25) is 0 Å². The molecular formula is C12H24O4Si. The van der Waals surface area contributed by atoms with E-state index in [-0.39, 0.29) is 11.5 Å².